The highest BCUT2D eigenvalue weighted by Crippen LogP contribution is 2.30. The zero-order valence-corrected chi connectivity index (χ0v) is 10.8. The molecule has 1 heterocycles. The van der Waals surface area contributed by atoms with E-state index in [-0.39, 0.29) is 17.3 Å². The van der Waals surface area contributed by atoms with Crippen molar-refractivity contribution in [2.45, 2.75) is 6.36 Å². The Kier molecular flexibility index (Phi) is 4.01. The van der Waals surface area contributed by atoms with Gasteiger partial charge in [-0.05, 0) is 24.3 Å². The van der Waals surface area contributed by atoms with E-state index in [1.807, 2.05) is 0 Å². The van der Waals surface area contributed by atoms with Crippen LogP contribution in [0, 0.1) is 0 Å². The highest BCUT2D eigenvalue weighted by atomic mass is 19.4. The molecule has 0 bridgehead atoms. The molecule has 0 aliphatic rings. The van der Waals surface area contributed by atoms with Crippen molar-refractivity contribution in [2.75, 3.05) is 18.2 Å². The molecule has 2 rings (SSSR count). The number of nitrogens with zero attached hydrogens (tertiary/aromatic N) is 2. The fourth-order valence-electron chi connectivity index (χ4n) is 1.55. The third-order valence-electron chi connectivity index (χ3n) is 2.39. The van der Waals surface area contributed by atoms with Crippen molar-refractivity contribution in [3.05, 3.63) is 30.6 Å². The van der Waals surface area contributed by atoms with E-state index < -0.39 is 6.36 Å². The molecule has 1 aromatic carbocycles. The number of nitrogens with two attached hydrogens (primary N) is 1. The molecule has 0 atom stereocenters. The van der Waals surface area contributed by atoms with Crippen LogP contribution in [0.3, 0.4) is 0 Å². The zero-order chi connectivity index (χ0) is 15.5. The van der Waals surface area contributed by atoms with Crippen LogP contribution in [0.2, 0.25) is 0 Å². The second-order valence-corrected chi connectivity index (χ2v) is 3.84. The minimum absolute atomic E-state index is 0.145. The number of methoxy groups -OCH3 is 1. The fraction of sp³-hybridized carbons (Fsp3) is 0.167. The number of anilines is 3. The third kappa shape index (κ3) is 3.88. The smallest absolute Gasteiger partial charge is 0.490 e. The molecule has 21 heavy (non-hydrogen) atoms. The number of rotatable bonds is 4. The SMILES string of the molecule is COc1c(N)ncnc1Nc1ccc(OC(F)(F)F)cc1. The molecular formula is C12H11F3N4O2. The van der Waals surface area contributed by atoms with Gasteiger partial charge in [0, 0.05) is 5.69 Å². The molecular weight excluding hydrogens is 289 g/mol. The van der Waals surface area contributed by atoms with Crippen LogP contribution in [0.25, 0.3) is 0 Å². The molecule has 0 saturated heterocycles. The predicted molar refractivity (Wildman–Crippen MR) is 69.4 cm³/mol. The Balaban J connectivity index is 2.16. The molecule has 0 spiro atoms. The maximum atomic E-state index is 12.0. The normalized spacial score (nSPS) is 11.0. The number of ether oxygens (including phenoxy) is 2. The van der Waals surface area contributed by atoms with Crippen LogP contribution in [0.5, 0.6) is 11.5 Å². The number of benzene rings is 1. The van der Waals surface area contributed by atoms with Gasteiger partial charge in [0.1, 0.15) is 12.1 Å². The van der Waals surface area contributed by atoms with Crippen molar-refractivity contribution in [2.24, 2.45) is 0 Å². The Labute approximate surface area is 117 Å². The lowest BCUT2D eigenvalue weighted by Gasteiger charge is -2.12. The van der Waals surface area contributed by atoms with Crippen molar-refractivity contribution in [3.8, 4) is 11.5 Å². The summed E-state index contributed by atoms with van der Waals surface area (Å²) in [5.74, 6) is 0.372. The summed E-state index contributed by atoms with van der Waals surface area (Å²) in [4.78, 5) is 7.71. The maximum Gasteiger partial charge on any atom is 0.573 e. The first kappa shape index (κ1) is 14.7. The third-order valence-corrected chi connectivity index (χ3v) is 2.39. The van der Waals surface area contributed by atoms with Gasteiger partial charge in [0.25, 0.3) is 0 Å². The molecule has 0 aliphatic carbocycles. The largest absolute Gasteiger partial charge is 0.573 e. The van der Waals surface area contributed by atoms with Crippen LogP contribution in [-0.4, -0.2) is 23.4 Å². The number of nitrogen functional groups attached to an aromatic ring is 1. The summed E-state index contributed by atoms with van der Waals surface area (Å²) in [5, 5.41) is 2.86. The van der Waals surface area contributed by atoms with Gasteiger partial charge in [-0.2, -0.15) is 0 Å². The Morgan fingerprint density at radius 2 is 1.81 bits per heavy atom. The molecule has 6 nitrogen and oxygen atoms in total. The van der Waals surface area contributed by atoms with Crippen LogP contribution < -0.4 is 20.5 Å². The summed E-state index contributed by atoms with van der Waals surface area (Å²) < 4.78 is 45.0. The average molecular weight is 300 g/mol. The van der Waals surface area contributed by atoms with Gasteiger partial charge in [0.15, 0.2) is 11.6 Å². The van der Waals surface area contributed by atoms with Crippen LogP contribution in [-0.2, 0) is 0 Å². The quantitative estimate of drug-likeness (QED) is 0.903. The van der Waals surface area contributed by atoms with E-state index in [0.717, 1.165) is 0 Å². The van der Waals surface area contributed by atoms with Crippen LogP contribution >= 0.6 is 0 Å². The summed E-state index contributed by atoms with van der Waals surface area (Å²) >= 11 is 0. The van der Waals surface area contributed by atoms with E-state index in [0.29, 0.717) is 11.5 Å². The lowest BCUT2D eigenvalue weighted by Crippen LogP contribution is -2.17. The average Bonchev–Trinajstić information content (AvgIpc) is 2.40. The van der Waals surface area contributed by atoms with Gasteiger partial charge in [0.2, 0.25) is 5.75 Å². The zero-order valence-electron chi connectivity index (χ0n) is 10.8. The highest BCUT2D eigenvalue weighted by molar-refractivity contribution is 5.68. The molecule has 0 aliphatic heterocycles. The maximum absolute atomic E-state index is 12.0. The second kappa shape index (κ2) is 5.73. The fourth-order valence-corrected chi connectivity index (χ4v) is 1.55. The summed E-state index contributed by atoms with van der Waals surface area (Å²) in [6.07, 6.45) is -3.49. The standard InChI is InChI=1S/C12H11F3N4O2/c1-20-9-10(16)17-6-18-11(9)19-7-2-4-8(5-3-7)21-12(13,14)15/h2-6H,1H3,(H3,16,17,18,19). The van der Waals surface area contributed by atoms with Gasteiger partial charge in [-0.25, -0.2) is 9.97 Å². The molecule has 0 amide bonds. The Hall–Kier alpha value is -2.71. The first-order chi connectivity index (χ1) is 9.89. The summed E-state index contributed by atoms with van der Waals surface area (Å²) in [6.45, 7) is 0. The van der Waals surface area contributed by atoms with Crippen LogP contribution in [0.15, 0.2) is 30.6 Å². The molecule has 0 radical (unpaired) electrons. The van der Waals surface area contributed by atoms with Gasteiger partial charge in [-0.15, -0.1) is 13.2 Å². The molecule has 0 fully saturated rings. The number of hydrogen-bond acceptors (Lipinski definition) is 6. The van der Waals surface area contributed by atoms with E-state index in [9.17, 15) is 13.2 Å². The van der Waals surface area contributed by atoms with Gasteiger partial charge >= 0.3 is 6.36 Å². The van der Waals surface area contributed by atoms with Crippen LogP contribution in [0.1, 0.15) is 0 Å². The first-order valence-corrected chi connectivity index (χ1v) is 5.66. The van der Waals surface area contributed by atoms with Crippen molar-refractivity contribution in [1.29, 1.82) is 0 Å². The van der Waals surface area contributed by atoms with Crippen molar-refractivity contribution in [1.82, 2.24) is 9.97 Å². The van der Waals surface area contributed by atoms with E-state index in [4.69, 9.17) is 10.5 Å². The van der Waals surface area contributed by atoms with Gasteiger partial charge in [-0.3, -0.25) is 0 Å². The van der Waals surface area contributed by atoms with Gasteiger partial charge in [0.05, 0.1) is 7.11 Å². The Morgan fingerprint density at radius 3 is 2.38 bits per heavy atom. The topological polar surface area (TPSA) is 82.3 Å². The van der Waals surface area contributed by atoms with E-state index in [2.05, 4.69) is 20.0 Å². The molecule has 0 saturated carbocycles. The van der Waals surface area contributed by atoms with E-state index >= 15 is 0 Å². The molecule has 1 aromatic heterocycles. The summed E-state index contributed by atoms with van der Waals surface area (Å²) in [5.41, 5.74) is 6.10. The second-order valence-electron chi connectivity index (χ2n) is 3.84. The summed E-state index contributed by atoms with van der Waals surface area (Å²) in [7, 11) is 1.40. The van der Waals surface area contributed by atoms with Crippen molar-refractivity contribution >= 4 is 17.3 Å². The van der Waals surface area contributed by atoms with Gasteiger partial charge in [-0.1, -0.05) is 0 Å². The molecule has 2 aromatic rings. The molecule has 112 valence electrons. The monoisotopic (exact) mass is 300 g/mol. The summed E-state index contributed by atoms with van der Waals surface area (Å²) in [6, 6.07) is 5.15. The van der Waals surface area contributed by atoms with Crippen molar-refractivity contribution in [3.63, 3.8) is 0 Å². The highest BCUT2D eigenvalue weighted by Gasteiger charge is 2.30. The molecule has 0 unspecified atom stereocenters. The number of hydrogen-bond donors (Lipinski definition) is 2. The lowest BCUT2D eigenvalue weighted by atomic mass is 10.3. The molecule has 3 N–H and O–H groups in total. The van der Waals surface area contributed by atoms with Crippen molar-refractivity contribution < 1.29 is 22.6 Å². The molecule has 9 heteroatoms. The minimum atomic E-state index is -4.72. The number of alkyl halides is 3. The first-order valence-electron chi connectivity index (χ1n) is 5.66. The predicted octanol–water partition coefficient (Wildman–Crippen LogP) is 2.71. The number of nitrogens with one attached hydrogen (secondary N) is 1. The number of halogens is 3. The Bertz CT molecular complexity index is 617. The van der Waals surface area contributed by atoms with Gasteiger partial charge < -0.3 is 20.5 Å². The lowest BCUT2D eigenvalue weighted by molar-refractivity contribution is -0.274. The van der Waals surface area contributed by atoms with Crippen LogP contribution in [0.4, 0.5) is 30.5 Å². The minimum Gasteiger partial charge on any atom is -0.490 e. The number of aromatic nitrogens is 2. The Morgan fingerprint density at radius 1 is 1.14 bits per heavy atom. The van der Waals surface area contributed by atoms with E-state index in [1.165, 1.54) is 37.7 Å². The van der Waals surface area contributed by atoms with E-state index in [1.54, 1.807) is 0 Å².